The fourth-order valence-electron chi connectivity index (χ4n) is 3.10. The molecule has 0 aliphatic rings. The Kier molecular flexibility index (Phi) is 2.79. The van der Waals surface area contributed by atoms with Crippen LogP contribution in [0.3, 0.4) is 0 Å². The molecule has 0 spiro atoms. The highest BCUT2D eigenvalue weighted by Crippen LogP contribution is 2.41. The Bertz CT molecular complexity index is 1050. The molecule has 0 N–H and O–H groups in total. The van der Waals surface area contributed by atoms with Crippen LogP contribution in [0.4, 0.5) is 0 Å². The summed E-state index contributed by atoms with van der Waals surface area (Å²) in [4.78, 5) is 12.9. The van der Waals surface area contributed by atoms with E-state index in [9.17, 15) is 4.79 Å². The second-order valence-electron chi connectivity index (χ2n) is 5.02. The van der Waals surface area contributed by atoms with E-state index in [4.69, 9.17) is 4.74 Å². The Hall–Kier alpha value is -1.88. The third-order valence-electron chi connectivity index (χ3n) is 3.98. The van der Waals surface area contributed by atoms with Gasteiger partial charge in [-0.05, 0) is 33.4 Å². The third kappa shape index (κ3) is 1.61. The molecule has 0 aliphatic carbocycles. The molecule has 0 fully saturated rings. The van der Waals surface area contributed by atoms with Crippen molar-refractivity contribution >= 4 is 54.9 Å². The average Bonchev–Trinajstić information content (AvgIpc) is 2.66. The maximum atomic E-state index is 12.9. The Morgan fingerprint density at radius 1 is 0.810 bits per heavy atom. The van der Waals surface area contributed by atoms with Gasteiger partial charge in [0.15, 0.2) is 5.43 Å². The first-order valence-electron chi connectivity index (χ1n) is 6.66. The topological polar surface area (TPSA) is 26.3 Å². The Morgan fingerprint density at radius 2 is 1.38 bits per heavy atom. The lowest BCUT2D eigenvalue weighted by atomic mass is 10.0. The van der Waals surface area contributed by atoms with Gasteiger partial charge in [-0.25, -0.2) is 0 Å². The van der Waals surface area contributed by atoms with Crippen LogP contribution in [0.1, 0.15) is 0 Å². The molecule has 0 radical (unpaired) electrons. The van der Waals surface area contributed by atoms with Crippen molar-refractivity contribution in [3.05, 3.63) is 62.3 Å². The number of ether oxygens (including phenoxy) is 1. The van der Waals surface area contributed by atoms with Crippen molar-refractivity contribution in [2.45, 2.75) is 0 Å². The summed E-state index contributed by atoms with van der Waals surface area (Å²) in [6, 6.07) is 15.9. The molecule has 0 amide bonds. The van der Waals surface area contributed by atoms with E-state index in [2.05, 4.69) is 28.7 Å². The summed E-state index contributed by atoms with van der Waals surface area (Å²) in [6.07, 6.45) is 0. The van der Waals surface area contributed by atoms with Gasteiger partial charge < -0.3 is 4.74 Å². The van der Waals surface area contributed by atoms with Crippen molar-refractivity contribution in [1.82, 2.24) is 0 Å². The summed E-state index contributed by atoms with van der Waals surface area (Å²) < 4.78 is 6.53. The Balaban J connectivity index is 2.51. The van der Waals surface area contributed by atoms with Gasteiger partial charge in [0, 0.05) is 16.2 Å². The molecule has 4 aromatic rings. The van der Waals surface area contributed by atoms with Crippen molar-refractivity contribution in [1.29, 1.82) is 0 Å². The van der Waals surface area contributed by atoms with Crippen LogP contribution in [-0.4, -0.2) is 7.11 Å². The van der Waals surface area contributed by atoms with Crippen molar-refractivity contribution in [3.63, 3.8) is 0 Å². The van der Waals surface area contributed by atoms with Gasteiger partial charge in [-0.2, -0.15) is 0 Å². The van der Waals surface area contributed by atoms with Crippen LogP contribution in [0.25, 0.3) is 32.3 Å². The number of fused-ring (bicyclic) bond motifs is 2. The first-order valence-corrected chi connectivity index (χ1v) is 7.74. The van der Waals surface area contributed by atoms with Crippen molar-refractivity contribution in [2.75, 3.05) is 7.11 Å². The minimum absolute atomic E-state index is 0.0501. The van der Waals surface area contributed by atoms with Crippen molar-refractivity contribution in [2.24, 2.45) is 0 Å². The number of rotatable bonds is 1. The lowest BCUT2D eigenvalue weighted by molar-refractivity contribution is 0.418. The van der Waals surface area contributed by atoms with E-state index in [0.29, 0.717) is 11.1 Å². The third-order valence-corrected chi connectivity index (χ3v) is 5.05. The molecule has 0 aliphatic heterocycles. The number of halogens is 1. The zero-order chi connectivity index (χ0) is 14.6. The standard InChI is InChI=1S/C18H11IO2/c1-21-18-15-14-11(7-3-5-9-13(14)16(18)19)10-6-2-4-8-12(10)17(15)20/h2-9H,1H3. The predicted octanol–water partition coefficient (Wildman–Crippen LogP) is 4.56. The van der Waals surface area contributed by atoms with Gasteiger partial charge in [0.1, 0.15) is 5.75 Å². The summed E-state index contributed by atoms with van der Waals surface area (Å²) in [5.74, 6) is 0.692. The first-order chi connectivity index (χ1) is 10.2. The molecule has 21 heavy (non-hydrogen) atoms. The van der Waals surface area contributed by atoms with Gasteiger partial charge in [-0.15, -0.1) is 0 Å². The minimum Gasteiger partial charge on any atom is -0.495 e. The summed E-state index contributed by atoms with van der Waals surface area (Å²) in [7, 11) is 1.63. The van der Waals surface area contributed by atoms with Crippen LogP contribution in [0, 0.1) is 3.57 Å². The zero-order valence-electron chi connectivity index (χ0n) is 11.3. The molecule has 2 nitrogen and oxygen atoms in total. The molecular formula is C18H11IO2. The lowest BCUT2D eigenvalue weighted by Gasteiger charge is -2.03. The highest BCUT2D eigenvalue weighted by atomic mass is 127. The van der Waals surface area contributed by atoms with E-state index < -0.39 is 0 Å². The van der Waals surface area contributed by atoms with Crippen molar-refractivity contribution in [3.8, 4) is 5.75 Å². The number of benzene rings is 2. The molecule has 0 unspecified atom stereocenters. The van der Waals surface area contributed by atoms with Crippen LogP contribution < -0.4 is 10.2 Å². The molecule has 0 heterocycles. The van der Waals surface area contributed by atoms with Gasteiger partial charge in [0.05, 0.1) is 16.1 Å². The SMILES string of the molecule is COc1c(I)c2ccccc3c4ccccc4c(=O)c1c23. The van der Waals surface area contributed by atoms with Gasteiger partial charge >= 0.3 is 0 Å². The van der Waals surface area contributed by atoms with E-state index in [1.165, 1.54) is 0 Å². The second kappa shape index (κ2) is 4.56. The fraction of sp³-hybridized carbons (Fsp3) is 0.0556. The number of methoxy groups -OCH3 is 1. The van der Waals surface area contributed by atoms with E-state index in [-0.39, 0.29) is 5.43 Å². The van der Waals surface area contributed by atoms with Crippen LogP contribution in [-0.2, 0) is 0 Å². The molecule has 0 saturated heterocycles. The van der Waals surface area contributed by atoms with Crippen molar-refractivity contribution < 1.29 is 4.74 Å². The monoisotopic (exact) mass is 386 g/mol. The second-order valence-corrected chi connectivity index (χ2v) is 6.10. The quantitative estimate of drug-likeness (QED) is 0.449. The number of hydrogen-bond acceptors (Lipinski definition) is 2. The zero-order valence-corrected chi connectivity index (χ0v) is 13.5. The fourth-order valence-corrected chi connectivity index (χ4v) is 4.04. The highest BCUT2D eigenvalue weighted by molar-refractivity contribution is 14.1. The Labute approximate surface area is 134 Å². The summed E-state index contributed by atoms with van der Waals surface area (Å²) in [5, 5.41) is 5.62. The van der Waals surface area contributed by atoms with Crippen LogP contribution in [0.5, 0.6) is 5.75 Å². The molecular weight excluding hydrogens is 375 g/mol. The highest BCUT2D eigenvalue weighted by Gasteiger charge is 2.20. The molecule has 0 bridgehead atoms. The average molecular weight is 386 g/mol. The summed E-state index contributed by atoms with van der Waals surface area (Å²) >= 11 is 2.26. The van der Waals surface area contributed by atoms with Gasteiger partial charge in [0.25, 0.3) is 0 Å². The van der Waals surface area contributed by atoms with Crippen LogP contribution in [0.15, 0.2) is 53.3 Å². The van der Waals surface area contributed by atoms with Gasteiger partial charge in [-0.3, -0.25) is 4.79 Å². The Morgan fingerprint density at radius 3 is 2.05 bits per heavy atom. The normalized spacial score (nSPS) is 11.5. The van der Waals surface area contributed by atoms with Crippen LogP contribution >= 0.6 is 22.6 Å². The van der Waals surface area contributed by atoms with E-state index in [1.54, 1.807) is 7.11 Å². The minimum atomic E-state index is 0.0501. The number of hydrogen-bond donors (Lipinski definition) is 0. The van der Waals surface area contributed by atoms with E-state index in [1.807, 2.05) is 42.5 Å². The first kappa shape index (κ1) is 12.8. The maximum absolute atomic E-state index is 12.9. The lowest BCUT2D eigenvalue weighted by Crippen LogP contribution is -2.02. The van der Waals surface area contributed by atoms with E-state index >= 15 is 0 Å². The maximum Gasteiger partial charge on any atom is 0.198 e. The van der Waals surface area contributed by atoms with Gasteiger partial charge in [-0.1, -0.05) is 48.5 Å². The van der Waals surface area contributed by atoms with Gasteiger partial charge in [0.2, 0.25) is 0 Å². The summed E-state index contributed by atoms with van der Waals surface area (Å²) in [5.41, 5.74) is 0.0501. The van der Waals surface area contributed by atoms with Crippen LogP contribution in [0.2, 0.25) is 0 Å². The molecule has 0 saturated carbocycles. The molecule has 0 atom stereocenters. The van der Waals surface area contributed by atoms with E-state index in [0.717, 1.165) is 30.5 Å². The molecule has 4 aromatic carbocycles. The molecule has 4 rings (SSSR count). The summed E-state index contributed by atoms with van der Waals surface area (Å²) in [6.45, 7) is 0. The molecule has 3 heteroatoms. The molecule has 0 aromatic heterocycles. The smallest absolute Gasteiger partial charge is 0.198 e. The largest absolute Gasteiger partial charge is 0.495 e. The predicted molar refractivity (Wildman–Crippen MR) is 95.7 cm³/mol. The molecule has 102 valence electrons.